The highest BCUT2D eigenvalue weighted by atomic mass is 16.5. The molecule has 74 valence electrons. The molecular weight excluding hydrogens is 176 g/mol. The zero-order valence-corrected chi connectivity index (χ0v) is 8.27. The molecule has 0 aliphatic carbocycles. The highest BCUT2D eigenvalue weighted by Crippen LogP contribution is 2.01. The Kier molecular flexibility index (Phi) is 4.48. The Morgan fingerprint density at radius 3 is 2.71 bits per heavy atom. The van der Waals surface area contributed by atoms with Crippen LogP contribution in [0.3, 0.4) is 0 Å². The van der Waals surface area contributed by atoms with Crippen molar-refractivity contribution in [3.63, 3.8) is 0 Å². The SMILES string of the molecule is CC(=O)OCC/C=C\c1ccccc1. The van der Waals surface area contributed by atoms with Gasteiger partial charge in [0.15, 0.2) is 0 Å². The normalized spacial score (nSPS) is 10.4. The second-order valence-electron chi connectivity index (χ2n) is 2.94. The molecule has 0 bridgehead atoms. The Hall–Kier alpha value is -1.57. The summed E-state index contributed by atoms with van der Waals surface area (Å²) in [6.45, 7) is 1.87. The lowest BCUT2D eigenvalue weighted by Crippen LogP contribution is -1.98. The fourth-order valence-electron chi connectivity index (χ4n) is 1.05. The van der Waals surface area contributed by atoms with E-state index < -0.39 is 0 Å². The van der Waals surface area contributed by atoms with E-state index in [0.29, 0.717) is 6.61 Å². The van der Waals surface area contributed by atoms with Crippen molar-refractivity contribution in [2.45, 2.75) is 13.3 Å². The van der Waals surface area contributed by atoms with E-state index in [1.165, 1.54) is 6.92 Å². The summed E-state index contributed by atoms with van der Waals surface area (Å²) in [5.41, 5.74) is 1.16. The van der Waals surface area contributed by atoms with Gasteiger partial charge < -0.3 is 4.74 Å². The Labute approximate surface area is 84.2 Å². The van der Waals surface area contributed by atoms with E-state index in [-0.39, 0.29) is 5.97 Å². The molecule has 0 aliphatic heterocycles. The maximum absolute atomic E-state index is 10.4. The Bertz CT molecular complexity index is 301. The van der Waals surface area contributed by atoms with Crippen LogP contribution in [0.5, 0.6) is 0 Å². The highest BCUT2D eigenvalue weighted by Gasteiger charge is 1.88. The third kappa shape index (κ3) is 4.45. The molecule has 2 nitrogen and oxygen atoms in total. The van der Waals surface area contributed by atoms with Crippen molar-refractivity contribution in [1.29, 1.82) is 0 Å². The molecular formula is C12H14O2. The summed E-state index contributed by atoms with van der Waals surface area (Å²) in [5, 5.41) is 0. The van der Waals surface area contributed by atoms with Gasteiger partial charge in [-0.2, -0.15) is 0 Å². The molecule has 0 aromatic heterocycles. The molecule has 1 rings (SSSR count). The van der Waals surface area contributed by atoms with Gasteiger partial charge in [0.2, 0.25) is 0 Å². The van der Waals surface area contributed by atoms with Crippen LogP contribution in [-0.2, 0) is 9.53 Å². The van der Waals surface area contributed by atoms with Crippen molar-refractivity contribution in [3.05, 3.63) is 42.0 Å². The van der Waals surface area contributed by atoms with E-state index in [1.807, 2.05) is 42.5 Å². The number of hydrogen-bond donors (Lipinski definition) is 0. The minimum absolute atomic E-state index is 0.224. The summed E-state index contributed by atoms with van der Waals surface area (Å²) in [6, 6.07) is 10.0. The molecule has 0 saturated heterocycles. The molecule has 0 aliphatic rings. The first-order valence-electron chi connectivity index (χ1n) is 4.64. The van der Waals surface area contributed by atoms with Crippen LogP contribution in [0.1, 0.15) is 18.9 Å². The monoisotopic (exact) mass is 190 g/mol. The average molecular weight is 190 g/mol. The van der Waals surface area contributed by atoms with Crippen LogP contribution in [0.25, 0.3) is 6.08 Å². The maximum atomic E-state index is 10.4. The lowest BCUT2D eigenvalue weighted by molar-refractivity contribution is -0.140. The van der Waals surface area contributed by atoms with Crippen LogP contribution in [0.2, 0.25) is 0 Å². The van der Waals surface area contributed by atoms with Crippen LogP contribution in [0, 0.1) is 0 Å². The summed E-state index contributed by atoms with van der Waals surface area (Å²) in [6.07, 6.45) is 4.77. The van der Waals surface area contributed by atoms with E-state index >= 15 is 0 Å². The summed E-state index contributed by atoms with van der Waals surface area (Å²) in [4.78, 5) is 10.4. The Balaban J connectivity index is 2.25. The van der Waals surface area contributed by atoms with Crippen LogP contribution >= 0.6 is 0 Å². The first-order valence-corrected chi connectivity index (χ1v) is 4.64. The topological polar surface area (TPSA) is 26.3 Å². The van der Waals surface area contributed by atoms with Crippen molar-refractivity contribution in [2.75, 3.05) is 6.61 Å². The summed E-state index contributed by atoms with van der Waals surface area (Å²) in [7, 11) is 0. The van der Waals surface area contributed by atoms with E-state index in [4.69, 9.17) is 4.74 Å². The third-order valence-corrected chi connectivity index (χ3v) is 1.70. The maximum Gasteiger partial charge on any atom is 0.302 e. The Morgan fingerprint density at radius 2 is 2.07 bits per heavy atom. The quantitative estimate of drug-likeness (QED) is 0.539. The molecule has 1 aromatic rings. The van der Waals surface area contributed by atoms with Crippen molar-refractivity contribution in [3.8, 4) is 0 Å². The van der Waals surface area contributed by atoms with Gasteiger partial charge in [-0.05, 0) is 12.0 Å². The molecule has 0 unspecified atom stereocenters. The van der Waals surface area contributed by atoms with Gasteiger partial charge in [0.1, 0.15) is 0 Å². The van der Waals surface area contributed by atoms with E-state index in [9.17, 15) is 4.79 Å². The largest absolute Gasteiger partial charge is 0.466 e. The molecule has 0 N–H and O–H groups in total. The molecule has 0 spiro atoms. The first kappa shape index (κ1) is 10.5. The van der Waals surface area contributed by atoms with Gasteiger partial charge >= 0.3 is 5.97 Å². The highest BCUT2D eigenvalue weighted by molar-refractivity contribution is 5.65. The standard InChI is InChI=1S/C12H14O2/c1-11(13)14-10-6-5-9-12-7-3-2-4-8-12/h2-5,7-9H,6,10H2,1H3/b9-5-. The summed E-state index contributed by atoms with van der Waals surface area (Å²) < 4.78 is 4.79. The predicted molar refractivity (Wildman–Crippen MR) is 56.7 cm³/mol. The molecule has 0 atom stereocenters. The van der Waals surface area contributed by atoms with E-state index in [0.717, 1.165) is 12.0 Å². The van der Waals surface area contributed by atoms with Crippen molar-refractivity contribution in [1.82, 2.24) is 0 Å². The molecule has 0 amide bonds. The van der Waals surface area contributed by atoms with Gasteiger partial charge in [0.05, 0.1) is 6.61 Å². The minimum atomic E-state index is -0.224. The number of ether oxygens (including phenoxy) is 1. The second kappa shape index (κ2) is 5.97. The number of esters is 1. The lowest BCUT2D eigenvalue weighted by atomic mass is 10.2. The number of hydrogen-bond acceptors (Lipinski definition) is 2. The van der Waals surface area contributed by atoms with Gasteiger partial charge in [-0.25, -0.2) is 0 Å². The van der Waals surface area contributed by atoms with Gasteiger partial charge in [0.25, 0.3) is 0 Å². The number of benzene rings is 1. The minimum Gasteiger partial charge on any atom is -0.466 e. The molecule has 0 heterocycles. The first-order chi connectivity index (χ1) is 6.79. The fraction of sp³-hybridized carbons (Fsp3) is 0.250. The van der Waals surface area contributed by atoms with Crippen molar-refractivity contribution < 1.29 is 9.53 Å². The summed E-state index contributed by atoms with van der Waals surface area (Å²) in [5.74, 6) is -0.224. The van der Waals surface area contributed by atoms with Crippen LogP contribution in [0.15, 0.2) is 36.4 Å². The number of carbonyl (C=O) groups is 1. The molecule has 14 heavy (non-hydrogen) atoms. The number of carbonyl (C=O) groups excluding carboxylic acids is 1. The average Bonchev–Trinajstić information content (AvgIpc) is 2.18. The second-order valence-corrected chi connectivity index (χ2v) is 2.94. The van der Waals surface area contributed by atoms with Crippen LogP contribution < -0.4 is 0 Å². The van der Waals surface area contributed by atoms with Gasteiger partial charge in [-0.3, -0.25) is 4.79 Å². The van der Waals surface area contributed by atoms with E-state index in [2.05, 4.69) is 0 Å². The summed E-state index contributed by atoms with van der Waals surface area (Å²) >= 11 is 0. The predicted octanol–water partition coefficient (Wildman–Crippen LogP) is 2.65. The van der Waals surface area contributed by atoms with Gasteiger partial charge in [-0.1, -0.05) is 42.5 Å². The van der Waals surface area contributed by atoms with E-state index in [1.54, 1.807) is 0 Å². The molecule has 0 fully saturated rings. The van der Waals surface area contributed by atoms with Crippen LogP contribution in [0.4, 0.5) is 0 Å². The zero-order valence-electron chi connectivity index (χ0n) is 8.27. The van der Waals surface area contributed by atoms with Crippen molar-refractivity contribution >= 4 is 12.0 Å². The molecule has 0 radical (unpaired) electrons. The Morgan fingerprint density at radius 1 is 1.36 bits per heavy atom. The van der Waals surface area contributed by atoms with Crippen molar-refractivity contribution in [2.24, 2.45) is 0 Å². The lowest BCUT2D eigenvalue weighted by Gasteiger charge is -1.96. The smallest absolute Gasteiger partial charge is 0.302 e. The van der Waals surface area contributed by atoms with Crippen LogP contribution in [-0.4, -0.2) is 12.6 Å². The molecule has 1 aromatic carbocycles. The number of rotatable bonds is 4. The zero-order chi connectivity index (χ0) is 10.2. The molecule has 0 saturated carbocycles. The third-order valence-electron chi connectivity index (χ3n) is 1.70. The fourth-order valence-corrected chi connectivity index (χ4v) is 1.05. The van der Waals surface area contributed by atoms with Gasteiger partial charge in [0, 0.05) is 6.92 Å². The van der Waals surface area contributed by atoms with Gasteiger partial charge in [-0.15, -0.1) is 0 Å². The molecule has 2 heteroatoms.